The summed E-state index contributed by atoms with van der Waals surface area (Å²) in [7, 11) is 0. The molecule has 1 aliphatic heterocycles. The van der Waals surface area contributed by atoms with Crippen molar-refractivity contribution in [3.8, 4) is 0 Å². The lowest BCUT2D eigenvalue weighted by atomic mass is 10.3. The van der Waals surface area contributed by atoms with E-state index in [1.54, 1.807) is 0 Å². The van der Waals surface area contributed by atoms with E-state index in [0.717, 1.165) is 61.8 Å². The second-order valence-corrected chi connectivity index (χ2v) is 6.75. The number of anilines is 3. The average Bonchev–Trinajstić information content (AvgIpc) is 3.47. The standard InChI is InChI=1S/C18H25N7/c1-3-19-15-12-13(2)21-18(22-15)25-10-8-24(9-11-25)16-6-7-20-17(23-16)14-4-5-14/h6-7,12,14H,3-5,8-11H2,1-2H3,(H,19,21,22). The molecular formula is C18H25N7. The summed E-state index contributed by atoms with van der Waals surface area (Å²) < 4.78 is 0. The highest BCUT2D eigenvalue weighted by atomic mass is 15.3. The Balaban J connectivity index is 1.43. The molecule has 25 heavy (non-hydrogen) atoms. The first-order chi connectivity index (χ1) is 12.2. The van der Waals surface area contributed by atoms with E-state index in [9.17, 15) is 0 Å². The van der Waals surface area contributed by atoms with Gasteiger partial charge in [0, 0.05) is 56.6 Å². The third-order valence-corrected chi connectivity index (χ3v) is 4.69. The fraction of sp³-hybridized carbons (Fsp3) is 0.556. The predicted octanol–water partition coefficient (Wildman–Crippen LogP) is 2.21. The molecule has 132 valence electrons. The lowest BCUT2D eigenvalue weighted by molar-refractivity contribution is 0.631. The molecule has 1 saturated carbocycles. The van der Waals surface area contributed by atoms with Crippen molar-refractivity contribution in [3.05, 3.63) is 29.8 Å². The van der Waals surface area contributed by atoms with E-state index in [2.05, 4.69) is 37.0 Å². The molecule has 0 spiro atoms. The molecule has 0 atom stereocenters. The van der Waals surface area contributed by atoms with E-state index in [1.807, 2.05) is 25.3 Å². The van der Waals surface area contributed by atoms with Crippen molar-refractivity contribution in [1.29, 1.82) is 0 Å². The van der Waals surface area contributed by atoms with E-state index in [0.29, 0.717) is 5.92 Å². The number of nitrogens with one attached hydrogen (secondary N) is 1. The smallest absolute Gasteiger partial charge is 0.227 e. The number of aromatic nitrogens is 4. The second kappa shape index (κ2) is 6.82. The first kappa shape index (κ1) is 16.1. The van der Waals surface area contributed by atoms with Crippen LogP contribution in [0.4, 0.5) is 17.6 Å². The molecular weight excluding hydrogens is 314 g/mol. The van der Waals surface area contributed by atoms with Gasteiger partial charge in [-0.25, -0.2) is 15.0 Å². The molecule has 4 rings (SSSR count). The van der Waals surface area contributed by atoms with Crippen LogP contribution in [0.15, 0.2) is 18.3 Å². The van der Waals surface area contributed by atoms with Gasteiger partial charge in [0.2, 0.25) is 5.95 Å². The quantitative estimate of drug-likeness (QED) is 0.895. The molecule has 1 saturated heterocycles. The highest BCUT2D eigenvalue weighted by Crippen LogP contribution is 2.38. The molecule has 2 fully saturated rings. The first-order valence-corrected chi connectivity index (χ1v) is 9.15. The molecule has 2 aromatic rings. The topological polar surface area (TPSA) is 70.1 Å². The predicted molar refractivity (Wildman–Crippen MR) is 99.4 cm³/mol. The SMILES string of the molecule is CCNc1cc(C)nc(N2CCN(c3ccnc(C4CC4)n3)CC2)n1. The summed E-state index contributed by atoms with van der Waals surface area (Å²) in [5.74, 6) is 4.37. The monoisotopic (exact) mass is 339 g/mol. The van der Waals surface area contributed by atoms with Crippen LogP contribution in [0, 0.1) is 6.92 Å². The third-order valence-electron chi connectivity index (χ3n) is 4.69. The Morgan fingerprint density at radius 2 is 1.84 bits per heavy atom. The van der Waals surface area contributed by atoms with Crippen LogP contribution in [0.5, 0.6) is 0 Å². The van der Waals surface area contributed by atoms with Crippen molar-refractivity contribution in [3.63, 3.8) is 0 Å². The van der Waals surface area contributed by atoms with E-state index in [4.69, 9.17) is 4.98 Å². The minimum absolute atomic E-state index is 0.589. The van der Waals surface area contributed by atoms with Gasteiger partial charge in [-0.3, -0.25) is 0 Å². The molecule has 1 N–H and O–H groups in total. The van der Waals surface area contributed by atoms with Crippen molar-refractivity contribution in [2.24, 2.45) is 0 Å². The third kappa shape index (κ3) is 3.65. The lowest BCUT2D eigenvalue weighted by Crippen LogP contribution is -2.47. The van der Waals surface area contributed by atoms with Gasteiger partial charge in [0.15, 0.2) is 0 Å². The minimum atomic E-state index is 0.589. The van der Waals surface area contributed by atoms with Crippen molar-refractivity contribution in [1.82, 2.24) is 19.9 Å². The van der Waals surface area contributed by atoms with Gasteiger partial charge in [0.05, 0.1) is 0 Å². The normalized spacial score (nSPS) is 17.7. The van der Waals surface area contributed by atoms with Gasteiger partial charge in [-0.15, -0.1) is 0 Å². The summed E-state index contributed by atoms with van der Waals surface area (Å²) in [5.41, 5.74) is 0.994. The van der Waals surface area contributed by atoms with Crippen LogP contribution in [0.25, 0.3) is 0 Å². The Bertz CT molecular complexity index is 736. The van der Waals surface area contributed by atoms with Crippen LogP contribution in [-0.2, 0) is 0 Å². The molecule has 0 radical (unpaired) electrons. The largest absolute Gasteiger partial charge is 0.370 e. The van der Waals surface area contributed by atoms with Crippen molar-refractivity contribution in [2.75, 3.05) is 47.8 Å². The average molecular weight is 339 g/mol. The molecule has 0 amide bonds. The molecule has 7 nitrogen and oxygen atoms in total. The summed E-state index contributed by atoms with van der Waals surface area (Å²) in [6, 6.07) is 4.01. The zero-order valence-electron chi connectivity index (χ0n) is 14.9. The van der Waals surface area contributed by atoms with Crippen LogP contribution in [-0.4, -0.2) is 52.7 Å². The van der Waals surface area contributed by atoms with Crippen LogP contribution in [0.2, 0.25) is 0 Å². The number of hydrogen-bond acceptors (Lipinski definition) is 7. The molecule has 2 aromatic heterocycles. The molecule has 0 bridgehead atoms. The van der Waals surface area contributed by atoms with Gasteiger partial charge in [0.1, 0.15) is 17.5 Å². The summed E-state index contributed by atoms with van der Waals surface area (Å²) in [5, 5.41) is 3.28. The summed E-state index contributed by atoms with van der Waals surface area (Å²) in [4.78, 5) is 23.0. The van der Waals surface area contributed by atoms with Gasteiger partial charge in [-0.1, -0.05) is 0 Å². The number of hydrogen-bond donors (Lipinski definition) is 1. The van der Waals surface area contributed by atoms with E-state index < -0.39 is 0 Å². The van der Waals surface area contributed by atoms with Gasteiger partial charge in [0.25, 0.3) is 0 Å². The van der Waals surface area contributed by atoms with Gasteiger partial charge >= 0.3 is 0 Å². The first-order valence-electron chi connectivity index (χ1n) is 9.15. The van der Waals surface area contributed by atoms with Crippen LogP contribution in [0.3, 0.4) is 0 Å². The van der Waals surface area contributed by atoms with Crippen molar-refractivity contribution >= 4 is 17.6 Å². The van der Waals surface area contributed by atoms with Gasteiger partial charge < -0.3 is 15.1 Å². The maximum atomic E-state index is 4.76. The van der Waals surface area contributed by atoms with Crippen LogP contribution < -0.4 is 15.1 Å². The Labute approximate surface area is 148 Å². The van der Waals surface area contributed by atoms with Gasteiger partial charge in [-0.05, 0) is 32.8 Å². The number of rotatable bonds is 5. The fourth-order valence-corrected chi connectivity index (χ4v) is 3.18. The van der Waals surface area contributed by atoms with Crippen LogP contribution >= 0.6 is 0 Å². The summed E-state index contributed by atoms with van der Waals surface area (Å²) in [6.07, 6.45) is 4.36. The highest BCUT2D eigenvalue weighted by molar-refractivity contribution is 5.46. The Morgan fingerprint density at radius 1 is 1.08 bits per heavy atom. The number of nitrogens with zero attached hydrogens (tertiary/aromatic N) is 6. The fourth-order valence-electron chi connectivity index (χ4n) is 3.18. The van der Waals surface area contributed by atoms with Gasteiger partial charge in [-0.2, -0.15) is 4.98 Å². The summed E-state index contributed by atoms with van der Waals surface area (Å²) >= 11 is 0. The van der Waals surface area contributed by atoms with Crippen molar-refractivity contribution in [2.45, 2.75) is 32.6 Å². The Hall–Kier alpha value is -2.44. The molecule has 3 heterocycles. The molecule has 0 aromatic carbocycles. The molecule has 7 heteroatoms. The van der Waals surface area contributed by atoms with Crippen LogP contribution in [0.1, 0.15) is 37.2 Å². The zero-order chi connectivity index (χ0) is 17.2. The number of aryl methyl sites for hydroxylation is 1. The molecule has 2 aliphatic rings. The Morgan fingerprint density at radius 3 is 2.56 bits per heavy atom. The minimum Gasteiger partial charge on any atom is -0.370 e. The molecule has 0 unspecified atom stereocenters. The maximum absolute atomic E-state index is 4.76. The van der Waals surface area contributed by atoms with E-state index in [1.165, 1.54) is 12.8 Å². The maximum Gasteiger partial charge on any atom is 0.227 e. The lowest BCUT2D eigenvalue weighted by Gasteiger charge is -2.35. The highest BCUT2D eigenvalue weighted by Gasteiger charge is 2.27. The van der Waals surface area contributed by atoms with E-state index >= 15 is 0 Å². The van der Waals surface area contributed by atoms with Crippen molar-refractivity contribution < 1.29 is 0 Å². The molecule has 1 aliphatic carbocycles. The van der Waals surface area contributed by atoms with E-state index in [-0.39, 0.29) is 0 Å². The zero-order valence-corrected chi connectivity index (χ0v) is 14.9. The summed E-state index contributed by atoms with van der Waals surface area (Å²) in [6.45, 7) is 8.61. The number of piperazine rings is 1. The second-order valence-electron chi connectivity index (χ2n) is 6.75. The Kier molecular flexibility index (Phi) is 4.38.